The molecule has 3 heterocycles. The molecule has 0 spiro atoms. The van der Waals surface area contributed by atoms with Crippen molar-refractivity contribution in [1.82, 2.24) is 19.6 Å². The molecule has 0 saturated carbocycles. The van der Waals surface area contributed by atoms with Crippen molar-refractivity contribution in [3.05, 3.63) is 18.2 Å². The Hall–Kier alpha value is -1.21. The minimum absolute atomic E-state index is 0. The molecule has 2 saturated heterocycles. The van der Waals surface area contributed by atoms with Crippen LogP contribution in [-0.2, 0) is 6.54 Å². The fourth-order valence-corrected chi connectivity index (χ4v) is 4.79. The Balaban J connectivity index is 0.00000171. The van der Waals surface area contributed by atoms with Gasteiger partial charge in [-0.2, -0.15) is 5.10 Å². The van der Waals surface area contributed by atoms with Crippen LogP contribution in [0.5, 0.6) is 5.75 Å². The van der Waals surface area contributed by atoms with Crippen molar-refractivity contribution >= 4 is 41.5 Å². The lowest BCUT2D eigenvalue weighted by atomic mass is 10.2. The Bertz CT molecular complexity index is 771. The number of phenols is 1. The Labute approximate surface area is 199 Å². The fourth-order valence-electron chi connectivity index (χ4n) is 4.79. The topological polar surface area (TPSA) is 56.6 Å². The molecule has 0 unspecified atom stereocenters. The molecule has 2 fully saturated rings. The van der Waals surface area contributed by atoms with Gasteiger partial charge in [-0.25, -0.2) is 0 Å². The van der Waals surface area contributed by atoms with Crippen LogP contribution < -0.4 is 5.32 Å². The lowest BCUT2D eigenvalue weighted by molar-refractivity contribution is 0.284. The molecular formula is C23H39Cl2N5O. The maximum atomic E-state index is 9.97. The van der Waals surface area contributed by atoms with Crippen molar-refractivity contribution < 1.29 is 5.11 Å². The number of phenolic OH excluding ortho intramolecular Hbond substituents is 1. The minimum Gasteiger partial charge on any atom is -0.508 e. The number of likely N-dealkylation sites (tertiary alicyclic amines) is 2. The zero-order valence-corrected chi connectivity index (χ0v) is 20.2. The Morgan fingerprint density at radius 3 is 2.10 bits per heavy atom. The highest BCUT2D eigenvalue weighted by Crippen LogP contribution is 2.27. The molecule has 0 radical (unpaired) electrons. The number of anilines is 1. The monoisotopic (exact) mass is 471 g/mol. The summed E-state index contributed by atoms with van der Waals surface area (Å²) in [4.78, 5) is 5.16. The van der Waals surface area contributed by atoms with Gasteiger partial charge in [0.15, 0.2) is 5.82 Å². The van der Waals surface area contributed by atoms with Crippen molar-refractivity contribution in [2.24, 2.45) is 0 Å². The number of fused-ring (bicyclic) bond motifs is 1. The van der Waals surface area contributed by atoms with E-state index in [0.717, 1.165) is 55.7 Å². The zero-order valence-electron chi connectivity index (χ0n) is 18.6. The molecule has 2 aliphatic rings. The van der Waals surface area contributed by atoms with Gasteiger partial charge in [0.2, 0.25) is 0 Å². The highest BCUT2D eigenvalue weighted by atomic mass is 35.5. The zero-order chi connectivity index (χ0) is 19.9. The third-order valence-electron chi connectivity index (χ3n) is 6.42. The number of hydrogen-bond acceptors (Lipinski definition) is 5. The molecule has 31 heavy (non-hydrogen) atoms. The van der Waals surface area contributed by atoms with E-state index in [2.05, 4.69) is 19.8 Å². The molecule has 2 aliphatic heterocycles. The van der Waals surface area contributed by atoms with E-state index >= 15 is 0 Å². The molecule has 0 aliphatic carbocycles. The summed E-state index contributed by atoms with van der Waals surface area (Å²) < 4.78 is 2.11. The van der Waals surface area contributed by atoms with Gasteiger partial charge >= 0.3 is 0 Å². The second-order valence-corrected chi connectivity index (χ2v) is 8.71. The summed E-state index contributed by atoms with van der Waals surface area (Å²) in [5.41, 5.74) is 1.11. The Kier molecular flexibility index (Phi) is 11.2. The van der Waals surface area contributed by atoms with E-state index in [1.165, 1.54) is 64.7 Å². The van der Waals surface area contributed by atoms with E-state index in [0.29, 0.717) is 5.75 Å². The first kappa shape index (κ1) is 26.0. The first-order chi connectivity index (χ1) is 14.3. The van der Waals surface area contributed by atoms with Crippen LogP contribution >= 0.6 is 24.8 Å². The fraction of sp³-hybridized carbons (Fsp3) is 0.696. The molecular weight excluding hydrogens is 433 g/mol. The SMILES string of the molecule is Cl.Cl.Oc1ccc2c(c1)c(NCCCN1CCCCCC1)nn2CCCN1CCCC1. The van der Waals surface area contributed by atoms with Gasteiger partial charge in [0.25, 0.3) is 0 Å². The lowest BCUT2D eigenvalue weighted by Gasteiger charge is -2.19. The van der Waals surface area contributed by atoms with Crippen LogP contribution in [-0.4, -0.2) is 70.5 Å². The number of aromatic nitrogens is 2. The van der Waals surface area contributed by atoms with E-state index in [1.807, 2.05) is 12.1 Å². The van der Waals surface area contributed by atoms with Gasteiger partial charge in [-0.15, -0.1) is 24.8 Å². The van der Waals surface area contributed by atoms with E-state index in [9.17, 15) is 5.11 Å². The van der Waals surface area contributed by atoms with Crippen LogP contribution in [0.3, 0.4) is 0 Å². The first-order valence-electron chi connectivity index (χ1n) is 11.7. The predicted octanol–water partition coefficient (Wildman–Crippen LogP) is 4.75. The molecule has 6 nitrogen and oxygen atoms in total. The summed E-state index contributed by atoms with van der Waals surface area (Å²) in [6.45, 7) is 9.16. The third-order valence-corrected chi connectivity index (χ3v) is 6.42. The van der Waals surface area contributed by atoms with Gasteiger partial charge < -0.3 is 20.2 Å². The third kappa shape index (κ3) is 7.41. The van der Waals surface area contributed by atoms with Crippen molar-refractivity contribution in [3.63, 3.8) is 0 Å². The predicted molar refractivity (Wildman–Crippen MR) is 134 cm³/mol. The largest absolute Gasteiger partial charge is 0.508 e. The van der Waals surface area contributed by atoms with Crippen molar-refractivity contribution in [3.8, 4) is 5.75 Å². The van der Waals surface area contributed by atoms with Crippen LogP contribution in [0.1, 0.15) is 51.4 Å². The van der Waals surface area contributed by atoms with Crippen molar-refractivity contribution in [2.75, 3.05) is 51.1 Å². The van der Waals surface area contributed by atoms with E-state index in [4.69, 9.17) is 5.10 Å². The molecule has 2 aromatic rings. The molecule has 0 atom stereocenters. The molecule has 0 amide bonds. The number of halogens is 2. The number of rotatable bonds is 9. The number of nitrogens with zero attached hydrogens (tertiary/aromatic N) is 4. The smallest absolute Gasteiger partial charge is 0.156 e. The molecule has 2 N–H and O–H groups in total. The quantitative estimate of drug-likeness (QED) is 0.516. The second kappa shape index (κ2) is 13.4. The minimum atomic E-state index is 0. The average Bonchev–Trinajstić information content (AvgIpc) is 3.26. The summed E-state index contributed by atoms with van der Waals surface area (Å²) in [6.07, 6.45) is 10.4. The summed E-state index contributed by atoms with van der Waals surface area (Å²) >= 11 is 0. The summed E-state index contributed by atoms with van der Waals surface area (Å²) in [5.74, 6) is 1.22. The van der Waals surface area contributed by atoms with Crippen LogP contribution in [0.15, 0.2) is 18.2 Å². The molecule has 0 bridgehead atoms. The van der Waals surface area contributed by atoms with E-state index in [-0.39, 0.29) is 24.8 Å². The molecule has 1 aromatic carbocycles. The number of hydrogen-bond donors (Lipinski definition) is 2. The van der Waals surface area contributed by atoms with Crippen molar-refractivity contribution in [1.29, 1.82) is 0 Å². The normalized spacial score (nSPS) is 17.8. The Morgan fingerprint density at radius 1 is 0.806 bits per heavy atom. The van der Waals surface area contributed by atoms with Crippen LogP contribution in [0.4, 0.5) is 5.82 Å². The number of nitrogens with one attached hydrogen (secondary N) is 1. The highest BCUT2D eigenvalue weighted by molar-refractivity contribution is 5.91. The van der Waals surface area contributed by atoms with Crippen molar-refractivity contribution in [2.45, 2.75) is 57.9 Å². The molecule has 8 heteroatoms. The maximum absolute atomic E-state index is 9.97. The van der Waals surface area contributed by atoms with Gasteiger partial charge in [-0.3, -0.25) is 4.68 Å². The Morgan fingerprint density at radius 2 is 1.42 bits per heavy atom. The summed E-state index contributed by atoms with van der Waals surface area (Å²) in [5, 5.41) is 19.4. The number of benzene rings is 1. The first-order valence-corrected chi connectivity index (χ1v) is 11.7. The number of aryl methyl sites for hydroxylation is 1. The van der Waals surface area contributed by atoms with Gasteiger partial charge in [0.1, 0.15) is 5.75 Å². The summed E-state index contributed by atoms with van der Waals surface area (Å²) in [7, 11) is 0. The average molecular weight is 473 g/mol. The summed E-state index contributed by atoms with van der Waals surface area (Å²) in [6, 6.07) is 5.61. The molecule has 4 rings (SSSR count). The second-order valence-electron chi connectivity index (χ2n) is 8.71. The lowest BCUT2D eigenvalue weighted by Crippen LogP contribution is -2.27. The van der Waals surface area contributed by atoms with Crippen LogP contribution in [0.25, 0.3) is 10.9 Å². The number of aromatic hydroxyl groups is 1. The van der Waals surface area contributed by atoms with Crippen LogP contribution in [0, 0.1) is 0 Å². The van der Waals surface area contributed by atoms with Gasteiger partial charge in [-0.1, -0.05) is 12.8 Å². The maximum Gasteiger partial charge on any atom is 0.156 e. The van der Waals surface area contributed by atoms with Gasteiger partial charge in [-0.05, 0) is 96.0 Å². The standard InChI is InChI=1S/C23H37N5O.2ClH/c29-20-9-10-22-21(19-20)23(24-11-7-16-26-12-3-1-2-4-13-26)25-28(22)18-8-17-27-14-5-6-15-27;;/h9-10,19,29H,1-8,11-18H2,(H,24,25);2*1H. The van der Waals surface area contributed by atoms with Gasteiger partial charge in [0, 0.05) is 18.5 Å². The van der Waals surface area contributed by atoms with E-state index < -0.39 is 0 Å². The van der Waals surface area contributed by atoms with Crippen LogP contribution in [0.2, 0.25) is 0 Å². The van der Waals surface area contributed by atoms with Gasteiger partial charge in [0.05, 0.1) is 5.52 Å². The molecule has 1 aromatic heterocycles. The highest BCUT2D eigenvalue weighted by Gasteiger charge is 2.14. The van der Waals surface area contributed by atoms with E-state index in [1.54, 1.807) is 6.07 Å². The molecule has 176 valence electrons.